The van der Waals surface area contributed by atoms with Gasteiger partial charge in [0.05, 0.1) is 16.8 Å². The highest BCUT2D eigenvalue weighted by Crippen LogP contribution is 2.28. The van der Waals surface area contributed by atoms with Gasteiger partial charge in [-0.3, -0.25) is 15.1 Å². The molecule has 7 nitrogen and oxygen atoms in total. The van der Waals surface area contributed by atoms with Crippen molar-refractivity contribution in [1.29, 1.82) is 0 Å². The standard InChI is InChI=1S/C24H14ClN3O4/c25-17-5-11-23-21(13-17)27-24(32-23)16-1-6-18(7-2-16)26-14-20-10-12-22(31-20)15-3-8-19(9-4-15)28(29)30/h1-14H. The number of non-ortho nitro benzene ring substituents is 1. The number of nitro groups is 1. The Morgan fingerprint density at radius 2 is 1.66 bits per heavy atom. The van der Waals surface area contributed by atoms with E-state index in [4.69, 9.17) is 20.4 Å². The van der Waals surface area contributed by atoms with Crippen molar-refractivity contribution in [1.82, 2.24) is 4.98 Å². The summed E-state index contributed by atoms with van der Waals surface area (Å²) in [5, 5.41) is 11.4. The first-order valence-corrected chi connectivity index (χ1v) is 9.98. The maximum atomic E-state index is 10.8. The van der Waals surface area contributed by atoms with Gasteiger partial charge >= 0.3 is 0 Å². The van der Waals surface area contributed by atoms with Crippen LogP contribution in [0.4, 0.5) is 11.4 Å². The van der Waals surface area contributed by atoms with E-state index in [-0.39, 0.29) is 5.69 Å². The molecule has 0 atom stereocenters. The normalized spacial score (nSPS) is 11.4. The van der Waals surface area contributed by atoms with Crippen LogP contribution in [0.1, 0.15) is 5.76 Å². The first-order valence-electron chi connectivity index (χ1n) is 9.60. The third kappa shape index (κ3) is 4.01. The maximum absolute atomic E-state index is 10.8. The fraction of sp³-hybridized carbons (Fsp3) is 0. The van der Waals surface area contributed by atoms with E-state index in [0.717, 1.165) is 16.8 Å². The SMILES string of the molecule is O=[N+]([O-])c1ccc(-c2ccc(C=Nc3ccc(-c4nc5cc(Cl)ccc5o4)cc3)o2)cc1. The number of nitrogens with zero attached hydrogens (tertiary/aromatic N) is 3. The summed E-state index contributed by atoms with van der Waals surface area (Å²) in [6.07, 6.45) is 1.62. The van der Waals surface area contributed by atoms with Gasteiger partial charge in [-0.15, -0.1) is 0 Å². The van der Waals surface area contributed by atoms with Crippen LogP contribution in [0.25, 0.3) is 33.9 Å². The second-order valence-corrected chi connectivity index (χ2v) is 7.38. The number of aliphatic imine (C=N–C) groups is 1. The minimum Gasteiger partial charge on any atom is -0.455 e. The zero-order valence-corrected chi connectivity index (χ0v) is 17.2. The number of nitro benzene ring substituents is 1. The van der Waals surface area contributed by atoms with Gasteiger partial charge in [-0.1, -0.05) is 11.6 Å². The molecule has 8 heteroatoms. The Morgan fingerprint density at radius 3 is 2.41 bits per heavy atom. The molecule has 0 fully saturated rings. The summed E-state index contributed by atoms with van der Waals surface area (Å²) >= 11 is 6.00. The first-order chi connectivity index (χ1) is 15.5. The summed E-state index contributed by atoms with van der Waals surface area (Å²) in [5.41, 5.74) is 3.73. The smallest absolute Gasteiger partial charge is 0.269 e. The van der Waals surface area contributed by atoms with Gasteiger partial charge in [0.15, 0.2) is 5.58 Å². The Hall–Kier alpha value is -4.23. The molecule has 0 aliphatic rings. The Kier molecular flexibility index (Phi) is 5.01. The minimum atomic E-state index is -0.435. The van der Waals surface area contributed by atoms with Crippen molar-refractivity contribution in [3.8, 4) is 22.8 Å². The first kappa shape index (κ1) is 19.7. The zero-order chi connectivity index (χ0) is 22.1. The van der Waals surface area contributed by atoms with E-state index >= 15 is 0 Å². The van der Waals surface area contributed by atoms with Crippen molar-refractivity contribution in [2.45, 2.75) is 0 Å². The van der Waals surface area contributed by atoms with E-state index in [1.54, 1.807) is 48.7 Å². The molecule has 5 rings (SSSR count). The monoisotopic (exact) mass is 443 g/mol. The molecule has 0 spiro atoms. The molecule has 32 heavy (non-hydrogen) atoms. The van der Waals surface area contributed by atoms with Gasteiger partial charge in [0.25, 0.3) is 5.69 Å². The third-order valence-electron chi connectivity index (χ3n) is 4.79. The second kappa shape index (κ2) is 8.13. The summed E-state index contributed by atoms with van der Waals surface area (Å²) in [6, 6.07) is 22.6. The Morgan fingerprint density at radius 1 is 0.906 bits per heavy atom. The lowest BCUT2D eigenvalue weighted by atomic mass is 10.1. The zero-order valence-electron chi connectivity index (χ0n) is 16.4. The van der Waals surface area contributed by atoms with E-state index in [1.165, 1.54) is 12.1 Å². The van der Waals surface area contributed by atoms with Crippen molar-refractivity contribution in [2.24, 2.45) is 4.99 Å². The number of benzene rings is 3. The van der Waals surface area contributed by atoms with E-state index in [2.05, 4.69) is 9.98 Å². The molecular weight excluding hydrogens is 430 g/mol. The highest BCUT2D eigenvalue weighted by atomic mass is 35.5. The van der Waals surface area contributed by atoms with Crippen molar-refractivity contribution >= 4 is 40.3 Å². The van der Waals surface area contributed by atoms with Crippen LogP contribution in [-0.4, -0.2) is 16.1 Å². The van der Waals surface area contributed by atoms with Gasteiger partial charge in [-0.05, 0) is 66.7 Å². The molecule has 0 saturated heterocycles. The van der Waals surface area contributed by atoms with Crippen LogP contribution in [0.2, 0.25) is 5.02 Å². The van der Waals surface area contributed by atoms with Gasteiger partial charge in [-0.25, -0.2) is 4.98 Å². The molecule has 0 aliphatic carbocycles. The van der Waals surface area contributed by atoms with Gasteiger partial charge in [0, 0.05) is 28.3 Å². The van der Waals surface area contributed by atoms with Gasteiger partial charge in [0.1, 0.15) is 17.0 Å². The van der Waals surface area contributed by atoms with Crippen LogP contribution in [-0.2, 0) is 0 Å². The predicted molar refractivity (Wildman–Crippen MR) is 123 cm³/mol. The lowest BCUT2D eigenvalue weighted by Gasteiger charge is -1.97. The van der Waals surface area contributed by atoms with Gasteiger partial charge < -0.3 is 8.83 Å². The van der Waals surface area contributed by atoms with Crippen molar-refractivity contribution < 1.29 is 13.8 Å². The minimum absolute atomic E-state index is 0.0344. The summed E-state index contributed by atoms with van der Waals surface area (Å²) in [5.74, 6) is 1.68. The fourth-order valence-electron chi connectivity index (χ4n) is 3.18. The maximum Gasteiger partial charge on any atom is 0.269 e. The van der Waals surface area contributed by atoms with E-state index in [9.17, 15) is 10.1 Å². The number of hydrogen-bond donors (Lipinski definition) is 0. The molecule has 2 heterocycles. The third-order valence-corrected chi connectivity index (χ3v) is 5.03. The number of aromatic nitrogens is 1. The fourth-order valence-corrected chi connectivity index (χ4v) is 3.34. The van der Waals surface area contributed by atoms with Crippen LogP contribution in [0.3, 0.4) is 0 Å². The summed E-state index contributed by atoms with van der Waals surface area (Å²) < 4.78 is 11.6. The largest absolute Gasteiger partial charge is 0.455 e. The van der Waals surface area contributed by atoms with Gasteiger partial charge in [-0.2, -0.15) is 0 Å². The quantitative estimate of drug-likeness (QED) is 0.164. The summed E-state index contributed by atoms with van der Waals surface area (Å²) in [4.78, 5) is 19.2. The summed E-state index contributed by atoms with van der Waals surface area (Å²) in [6.45, 7) is 0. The number of rotatable bonds is 5. The molecule has 0 radical (unpaired) electrons. The van der Waals surface area contributed by atoms with Gasteiger partial charge in [0.2, 0.25) is 5.89 Å². The molecule has 0 bridgehead atoms. The molecule has 0 unspecified atom stereocenters. The van der Waals surface area contributed by atoms with E-state index in [1.807, 2.05) is 24.3 Å². The van der Waals surface area contributed by atoms with Crippen molar-refractivity contribution in [3.63, 3.8) is 0 Å². The number of fused-ring (bicyclic) bond motifs is 1. The van der Waals surface area contributed by atoms with Crippen LogP contribution in [0, 0.1) is 10.1 Å². The van der Waals surface area contributed by atoms with E-state index in [0.29, 0.717) is 33.5 Å². The summed E-state index contributed by atoms with van der Waals surface area (Å²) in [7, 11) is 0. The van der Waals surface area contributed by atoms with Crippen LogP contribution < -0.4 is 0 Å². The predicted octanol–water partition coefficient (Wildman–Crippen LogP) is 7.07. The van der Waals surface area contributed by atoms with E-state index < -0.39 is 4.92 Å². The van der Waals surface area contributed by atoms with Crippen molar-refractivity contribution in [2.75, 3.05) is 0 Å². The molecule has 0 aliphatic heterocycles. The lowest BCUT2D eigenvalue weighted by Crippen LogP contribution is -1.86. The Balaban J connectivity index is 1.31. The molecule has 3 aromatic carbocycles. The number of hydrogen-bond acceptors (Lipinski definition) is 6. The number of halogens is 1. The highest BCUT2D eigenvalue weighted by molar-refractivity contribution is 6.31. The average Bonchev–Trinajstić information content (AvgIpc) is 3.45. The highest BCUT2D eigenvalue weighted by Gasteiger charge is 2.09. The molecule has 0 saturated carbocycles. The topological polar surface area (TPSA) is 94.7 Å². The molecule has 0 amide bonds. The lowest BCUT2D eigenvalue weighted by molar-refractivity contribution is -0.384. The molecular formula is C24H14ClN3O4. The molecule has 5 aromatic rings. The molecule has 0 N–H and O–H groups in total. The average molecular weight is 444 g/mol. The number of oxazole rings is 1. The van der Waals surface area contributed by atoms with Crippen LogP contribution in [0.15, 0.2) is 92.7 Å². The van der Waals surface area contributed by atoms with Crippen molar-refractivity contribution in [3.05, 3.63) is 99.8 Å². The number of furan rings is 1. The molecule has 156 valence electrons. The van der Waals surface area contributed by atoms with Crippen LogP contribution in [0.5, 0.6) is 0 Å². The second-order valence-electron chi connectivity index (χ2n) is 6.94. The van der Waals surface area contributed by atoms with Crippen LogP contribution >= 0.6 is 11.6 Å². The Bertz CT molecular complexity index is 1450. The molecule has 2 aromatic heterocycles. The Labute approximate surface area is 186 Å².